The van der Waals surface area contributed by atoms with Gasteiger partial charge in [0.25, 0.3) is 5.91 Å². The number of rotatable bonds is 10. The van der Waals surface area contributed by atoms with E-state index in [1.54, 1.807) is 56.5 Å². The molecule has 1 unspecified atom stereocenters. The number of hydrogen-bond acceptors (Lipinski definition) is 6. The van der Waals surface area contributed by atoms with E-state index in [1.165, 1.54) is 7.11 Å². The highest BCUT2D eigenvalue weighted by Crippen LogP contribution is 2.41. The molecule has 4 N–H and O–H groups in total. The number of aliphatic hydroxyl groups is 1. The smallest absolute Gasteiger partial charge is 0.251 e. The number of carbonyl (C=O) groups excluding carboxylic acids is 1. The molecule has 1 aliphatic rings. The van der Waals surface area contributed by atoms with Gasteiger partial charge in [-0.1, -0.05) is 77.3 Å². The summed E-state index contributed by atoms with van der Waals surface area (Å²) < 4.78 is 5.46. The summed E-state index contributed by atoms with van der Waals surface area (Å²) >= 11 is 19.8. The molecule has 1 amide bonds. The van der Waals surface area contributed by atoms with Crippen molar-refractivity contribution in [1.29, 1.82) is 0 Å². The van der Waals surface area contributed by atoms with Crippen molar-refractivity contribution < 1.29 is 14.6 Å². The monoisotopic (exact) mass is 650 g/mol. The van der Waals surface area contributed by atoms with Crippen molar-refractivity contribution in [2.75, 3.05) is 19.4 Å². The molecule has 0 saturated heterocycles. The van der Waals surface area contributed by atoms with Crippen LogP contribution >= 0.6 is 34.8 Å². The molecule has 1 aliphatic carbocycles. The van der Waals surface area contributed by atoms with Crippen molar-refractivity contribution in [1.82, 2.24) is 10.3 Å². The van der Waals surface area contributed by atoms with Crippen LogP contribution in [0.1, 0.15) is 65.3 Å². The second-order valence-electron chi connectivity index (χ2n) is 11.3. The molecule has 1 fully saturated rings. The van der Waals surface area contributed by atoms with E-state index in [4.69, 9.17) is 50.3 Å². The summed E-state index contributed by atoms with van der Waals surface area (Å²) in [6, 6.07) is 20.3. The van der Waals surface area contributed by atoms with E-state index in [0.717, 1.165) is 18.4 Å². The van der Waals surface area contributed by atoms with Crippen LogP contribution in [0.25, 0.3) is 11.3 Å². The van der Waals surface area contributed by atoms with Gasteiger partial charge in [0, 0.05) is 40.9 Å². The summed E-state index contributed by atoms with van der Waals surface area (Å²) in [4.78, 5) is 23.1. The molecule has 228 valence electrons. The maximum atomic E-state index is 13.6. The predicted octanol–water partition coefficient (Wildman–Crippen LogP) is 7.67. The van der Waals surface area contributed by atoms with Gasteiger partial charge in [-0.3, -0.25) is 14.8 Å². The largest absolute Gasteiger partial charge is 0.495 e. The number of methoxy groups -OCH3 is 1. The van der Waals surface area contributed by atoms with Crippen LogP contribution < -0.4 is 15.8 Å². The first kappa shape index (κ1) is 31.8. The number of nitrogens with two attached hydrogens (primary N) is 1. The first-order valence-electron chi connectivity index (χ1n) is 14.2. The number of nitrogens with one attached hydrogen (secondary N) is 1. The van der Waals surface area contributed by atoms with E-state index >= 15 is 0 Å². The van der Waals surface area contributed by atoms with Crippen molar-refractivity contribution in [2.24, 2.45) is 4.99 Å². The lowest BCUT2D eigenvalue weighted by Crippen LogP contribution is -2.30. The molecule has 4 aromatic rings. The lowest BCUT2D eigenvalue weighted by molar-refractivity contribution is 0.0785. The maximum Gasteiger partial charge on any atom is 0.251 e. The highest BCUT2D eigenvalue weighted by molar-refractivity contribution is 6.44. The Hall–Kier alpha value is -3.62. The third kappa shape index (κ3) is 7.02. The Kier molecular flexibility index (Phi) is 9.51. The summed E-state index contributed by atoms with van der Waals surface area (Å²) in [5, 5.41) is 15.1. The Morgan fingerprint density at radius 2 is 1.84 bits per heavy atom. The van der Waals surface area contributed by atoms with Gasteiger partial charge in [-0.15, -0.1) is 0 Å². The quantitative estimate of drug-likeness (QED) is 0.120. The number of carbonyl (C=O) groups is 1. The van der Waals surface area contributed by atoms with Crippen molar-refractivity contribution >= 4 is 52.6 Å². The number of ether oxygens (including phenoxy) is 1. The van der Waals surface area contributed by atoms with E-state index in [9.17, 15) is 9.90 Å². The lowest BCUT2D eigenvalue weighted by atomic mass is 9.89. The number of anilines is 1. The molecule has 1 aromatic heterocycles. The molecule has 0 radical (unpaired) electrons. The van der Waals surface area contributed by atoms with Crippen LogP contribution in [0.5, 0.6) is 5.75 Å². The molecule has 0 bridgehead atoms. The van der Waals surface area contributed by atoms with E-state index in [1.807, 2.05) is 30.3 Å². The van der Waals surface area contributed by atoms with Gasteiger partial charge in [0.1, 0.15) is 5.75 Å². The number of nitrogen functional groups attached to an aromatic ring is 1. The summed E-state index contributed by atoms with van der Waals surface area (Å²) in [5.74, 6) is -0.339. The number of amides is 1. The van der Waals surface area contributed by atoms with E-state index in [-0.39, 0.29) is 17.5 Å². The Labute approximate surface area is 272 Å². The summed E-state index contributed by atoms with van der Waals surface area (Å²) in [6.45, 7) is 3.49. The van der Waals surface area contributed by atoms with Crippen molar-refractivity contribution in [3.63, 3.8) is 0 Å². The zero-order valence-corrected chi connectivity index (χ0v) is 26.8. The van der Waals surface area contributed by atoms with E-state index < -0.39 is 11.5 Å². The summed E-state index contributed by atoms with van der Waals surface area (Å²) in [5.41, 5.74) is 9.26. The SMILES string of the molecule is COc1cc(C(=O)NCC(c2ccccc2)c2cc(C(C)(C)O)c(Cl)c(-c3cccc(Cl)c3Cl)n2)cc(C=NC2CC2)c1N. The molecule has 0 spiro atoms. The number of aliphatic imine (C=N–C) groups is 1. The van der Waals surface area contributed by atoms with Crippen LogP contribution in [0, 0.1) is 0 Å². The first-order valence-corrected chi connectivity index (χ1v) is 15.3. The average molecular weight is 652 g/mol. The molecular formula is C34H33Cl3N4O3. The summed E-state index contributed by atoms with van der Waals surface area (Å²) in [7, 11) is 1.51. The van der Waals surface area contributed by atoms with Gasteiger partial charge in [-0.05, 0) is 56.5 Å². The van der Waals surface area contributed by atoms with Crippen LogP contribution in [0.3, 0.4) is 0 Å². The maximum absolute atomic E-state index is 13.6. The molecule has 1 atom stereocenters. The van der Waals surface area contributed by atoms with Crippen LogP contribution in [0.4, 0.5) is 5.69 Å². The number of halogens is 3. The molecule has 44 heavy (non-hydrogen) atoms. The number of nitrogens with zero attached hydrogens (tertiary/aromatic N) is 2. The normalized spacial score (nSPS) is 14.1. The van der Waals surface area contributed by atoms with E-state index in [2.05, 4.69) is 10.3 Å². The zero-order valence-electron chi connectivity index (χ0n) is 24.6. The van der Waals surface area contributed by atoms with Crippen molar-refractivity contribution in [3.8, 4) is 17.0 Å². The van der Waals surface area contributed by atoms with Gasteiger partial charge >= 0.3 is 0 Å². The number of aromatic nitrogens is 1. The molecule has 0 aliphatic heterocycles. The molecule has 7 nitrogen and oxygen atoms in total. The second kappa shape index (κ2) is 13.2. The minimum atomic E-state index is -1.31. The fourth-order valence-electron chi connectivity index (χ4n) is 4.88. The van der Waals surface area contributed by atoms with Crippen LogP contribution in [-0.4, -0.2) is 41.9 Å². The van der Waals surface area contributed by atoms with Gasteiger partial charge in [0.05, 0.1) is 50.9 Å². The highest BCUT2D eigenvalue weighted by atomic mass is 35.5. The third-order valence-electron chi connectivity index (χ3n) is 7.50. The van der Waals surface area contributed by atoms with Crippen molar-refractivity contribution in [2.45, 2.75) is 44.2 Å². The van der Waals surface area contributed by atoms with Crippen LogP contribution in [0.2, 0.25) is 15.1 Å². The Bertz CT molecular complexity index is 1720. The summed E-state index contributed by atoms with van der Waals surface area (Å²) in [6.07, 6.45) is 3.80. The Morgan fingerprint density at radius 1 is 1.11 bits per heavy atom. The minimum absolute atomic E-state index is 0.184. The first-order chi connectivity index (χ1) is 21.0. The Morgan fingerprint density at radius 3 is 2.50 bits per heavy atom. The van der Waals surface area contributed by atoms with Gasteiger partial charge < -0.3 is 20.9 Å². The Balaban J connectivity index is 1.55. The molecule has 10 heteroatoms. The number of pyridine rings is 1. The van der Waals surface area contributed by atoms with Crippen LogP contribution in [-0.2, 0) is 5.60 Å². The lowest BCUT2D eigenvalue weighted by Gasteiger charge is -2.25. The average Bonchev–Trinajstić information content (AvgIpc) is 3.83. The van der Waals surface area contributed by atoms with Gasteiger partial charge in [-0.2, -0.15) is 0 Å². The molecular weight excluding hydrogens is 619 g/mol. The fraction of sp³-hybridized carbons (Fsp3) is 0.265. The standard InChI is InChI=1S/C34H33Cl3N4O3/c1-34(2,43)25-16-27(41-32(30(25)37)23-10-7-11-26(35)29(23)36)24(19-8-5-4-6-9-19)18-40-33(42)20-14-21(17-39-22-12-13-22)31(38)28(15-20)44-3/h4-11,14-17,22,24,43H,12-13,18,38H2,1-3H3,(H,40,42). The van der Waals surface area contributed by atoms with Gasteiger partial charge in [-0.25, -0.2) is 0 Å². The van der Waals surface area contributed by atoms with Gasteiger partial charge in [0.15, 0.2) is 0 Å². The fourth-order valence-corrected chi connectivity index (χ4v) is 5.70. The number of benzene rings is 3. The zero-order chi connectivity index (χ0) is 31.6. The second-order valence-corrected chi connectivity index (χ2v) is 12.4. The number of hydrogen-bond donors (Lipinski definition) is 3. The minimum Gasteiger partial charge on any atom is -0.495 e. The highest BCUT2D eigenvalue weighted by Gasteiger charge is 2.28. The molecule has 5 rings (SSSR count). The molecule has 1 saturated carbocycles. The molecule has 3 aromatic carbocycles. The third-order valence-corrected chi connectivity index (χ3v) is 8.70. The van der Waals surface area contributed by atoms with Gasteiger partial charge in [0.2, 0.25) is 0 Å². The predicted molar refractivity (Wildman–Crippen MR) is 179 cm³/mol. The van der Waals surface area contributed by atoms with E-state index in [0.29, 0.717) is 61.2 Å². The molecule has 1 heterocycles. The van der Waals surface area contributed by atoms with Crippen molar-refractivity contribution in [3.05, 3.63) is 110 Å². The van der Waals surface area contributed by atoms with Crippen LogP contribution in [0.15, 0.2) is 71.7 Å². The topological polar surface area (TPSA) is 110 Å².